The average molecular weight is 635 g/mol. The lowest BCUT2D eigenvalue weighted by Gasteiger charge is -2.30. The van der Waals surface area contributed by atoms with Gasteiger partial charge in [-0.2, -0.15) is 5.01 Å². The van der Waals surface area contributed by atoms with Gasteiger partial charge in [0.2, 0.25) is 0 Å². The number of halogens is 5. The summed E-state index contributed by atoms with van der Waals surface area (Å²) in [5.41, 5.74) is 0.101. The number of fused-ring (bicyclic) bond motifs is 1. The first-order valence-electron chi connectivity index (χ1n) is 10.3. The summed E-state index contributed by atoms with van der Waals surface area (Å²) < 4.78 is 13.3. The molecule has 4 rings (SSSR count). The van der Waals surface area contributed by atoms with Crippen molar-refractivity contribution in [3.05, 3.63) is 69.5 Å². The summed E-state index contributed by atoms with van der Waals surface area (Å²) in [6.07, 6.45) is 0.800. The van der Waals surface area contributed by atoms with Gasteiger partial charge in [0.1, 0.15) is 12.4 Å². The molecule has 6 nitrogen and oxygen atoms in total. The highest BCUT2D eigenvalue weighted by Crippen LogP contribution is 2.43. The van der Waals surface area contributed by atoms with Crippen molar-refractivity contribution >= 4 is 78.6 Å². The Bertz CT molecular complexity index is 1150. The van der Waals surface area contributed by atoms with Crippen molar-refractivity contribution < 1.29 is 23.6 Å². The molecular weight excluding hydrogens is 618 g/mol. The second-order valence-electron chi connectivity index (χ2n) is 8.12. The fourth-order valence-corrected chi connectivity index (χ4v) is 5.94. The molecule has 2 fully saturated rings. The van der Waals surface area contributed by atoms with Gasteiger partial charge in [-0.25, -0.2) is 9.40 Å². The Labute approximate surface area is 221 Å². The van der Waals surface area contributed by atoms with Crippen molar-refractivity contribution in [2.45, 2.75) is 22.5 Å². The number of nitrogens with zero attached hydrogens (tertiary/aromatic N) is 2. The van der Waals surface area contributed by atoms with Gasteiger partial charge in [0.05, 0.1) is 22.4 Å². The van der Waals surface area contributed by atoms with E-state index in [1.807, 2.05) is 0 Å². The molecule has 0 spiro atoms. The smallest absolute Gasteiger partial charge is 0.274 e. The van der Waals surface area contributed by atoms with Crippen molar-refractivity contribution in [2.24, 2.45) is 11.8 Å². The summed E-state index contributed by atoms with van der Waals surface area (Å²) in [7, 11) is 0. The number of benzene rings is 2. The maximum Gasteiger partial charge on any atom is 0.274 e. The van der Waals surface area contributed by atoms with Crippen LogP contribution in [0, 0.1) is 17.7 Å². The number of alkyl halides is 2. The summed E-state index contributed by atoms with van der Waals surface area (Å²) >= 11 is 19.2. The first-order valence-corrected chi connectivity index (χ1v) is 12.9. The molecular formula is C23H17Br2Cl2FN2O4. The molecule has 11 heteroatoms. The number of imide groups is 1. The van der Waals surface area contributed by atoms with E-state index in [1.54, 1.807) is 0 Å². The highest BCUT2D eigenvalue weighted by atomic mass is 79.9. The average Bonchev–Trinajstić information content (AvgIpc) is 3.02. The lowest BCUT2D eigenvalue weighted by molar-refractivity contribution is -0.154. The third-order valence-electron chi connectivity index (χ3n) is 5.99. The molecule has 0 bridgehead atoms. The van der Waals surface area contributed by atoms with Gasteiger partial charge in [0.25, 0.3) is 17.7 Å². The van der Waals surface area contributed by atoms with Crippen molar-refractivity contribution in [2.75, 3.05) is 6.54 Å². The van der Waals surface area contributed by atoms with Crippen LogP contribution in [0.2, 0.25) is 10.0 Å². The van der Waals surface area contributed by atoms with Gasteiger partial charge in [0.15, 0.2) is 5.78 Å². The molecule has 1 saturated carbocycles. The van der Waals surface area contributed by atoms with Crippen LogP contribution in [-0.2, 0) is 9.59 Å². The van der Waals surface area contributed by atoms with E-state index in [-0.39, 0.29) is 25.8 Å². The van der Waals surface area contributed by atoms with E-state index in [2.05, 4.69) is 31.9 Å². The highest BCUT2D eigenvalue weighted by Gasteiger charge is 2.54. The van der Waals surface area contributed by atoms with Crippen LogP contribution < -0.4 is 0 Å². The lowest BCUT2D eigenvalue weighted by atomic mass is 9.81. The first kappa shape index (κ1) is 25.3. The van der Waals surface area contributed by atoms with Crippen LogP contribution in [0.1, 0.15) is 33.6 Å². The number of carbonyl (C=O) groups is 4. The highest BCUT2D eigenvalue weighted by molar-refractivity contribution is 9.12. The zero-order valence-electron chi connectivity index (χ0n) is 17.4. The molecule has 2 aromatic carbocycles. The van der Waals surface area contributed by atoms with Gasteiger partial charge in [0, 0.05) is 20.2 Å². The van der Waals surface area contributed by atoms with E-state index in [0.717, 1.165) is 22.2 Å². The van der Waals surface area contributed by atoms with Gasteiger partial charge < -0.3 is 0 Å². The van der Waals surface area contributed by atoms with Crippen LogP contribution in [0.3, 0.4) is 0 Å². The van der Waals surface area contributed by atoms with E-state index >= 15 is 0 Å². The molecule has 178 valence electrons. The van der Waals surface area contributed by atoms with Crippen molar-refractivity contribution in [3.63, 3.8) is 0 Å². The zero-order chi connectivity index (χ0) is 24.7. The van der Waals surface area contributed by atoms with Gasteiger partial charge in [-0.3, -0.25) is 19.2 Å². The zero-order valence-corrected chi connectivity index (χ0v) is 22.1. The minimum atomic E-state index is -0.803. The molecule has 2 aromatic rings. The minimum absolute atomic E-state index is 0.00860. The molecule has 2 aliphatic rings. The number of rotatable bonds is 5. The van der Waals surface area contributed by atoms with Crippen LogP contribution in [0.5, 0.6) is 0 Å². The van der Waals surface area contributed by atoms with E-state index in [9.17, 15) is 23.6 Å². The normalized spacial score (nSPS) is 24.2. The molecule has 1 aliphatic heterocycles. The predicted molar refractivity (Wildman–Crippen MR) is 132 cm³/mol. The lowest BCUT2D eigenvalue weighted by Crippen LogP contribution is -2.52. The quantitative estimate of drug-likeness (QED) is 0.254. The van der Waals surface area contributed by atoms with E-state index in [1.165, 1.54) is 30.3 Å². The number of hydrogen-bond donors (Lipinski definition) is 0. The van der Waals surface area contributed by atoms with E-state index < -0.39 is 47.7 Å². The Morgan fingerprint density at radius 1 is 0.971 bits per heavy atom. The molecule has 1 saturated heterocycles. The largest absolute Gasteiger partial charge is 0.292 e. The number of hydrazine groups is 1. The number of amides is 3. The number of Topliss-reactive ketones (excluding diaryl/α,β-unsaturated/α-hetero) is 1. The summed E-state index contributed by atoms with van der Waals surface area (Å²) in [5, 5.41) is 1.90. The monoisotopic (exact) mass is 632 g/mol. The Kier molecular flexibility index (Phi) is 7.47. The first-order chi connectivity index (χ1) is 16.1. The third-order valence-corrected chi connectivity index (χ3v) is 9.27. The molecule has 4 atom stereocenters. The van der Waals surface area contributed by atoms with Crippen LogP contribution in [0.25, 0.3) is 0 Å². The van der Waals surface area contributed by atoms with Gasteiger partial charge in [-0.05, 0) is 55.3 Å². The minimum Gasteiger partial charge on any atom is -0.292 e. The number of ketones is 1. The van der Waals surface area contributed by atoms with Crippen molar-refractivity contribution in [1.29, 1.82) is 0 Å². The molecule has 34 heavy (non-hydrogen) atoms. The number of hydrogen-bond acceptors (Lipinski definition) is 4. The topological polar surface area (TPSA) is 74.8 Å². The maximum absolute atomic E-state index is 13.5. The third kappa shape index (κ3) is 4.80. The Hall–Kier alpha value is -1.81. The fourth-order valence-electron chi connectivity index (χ4n) is 4.21. The molecule has 0 unspecified atom stereocenters. The van der Waals surface area contributed by atoms with Crippen LogP contribution in [0.4, 0.5) is 4.39 Å². The van der Waals surface area contributed by atoms with Gasteiger partial charge >= 0.3 is 0 Å². The molecule has 0 radical (unpaired) electrons. The SMILES string of the molecule is O=C(CN(C(=O)c1ccc(Cl)cc1Cl)N1C(=O)[C@@H]2C[C@H](Br)[C@@H](Br)C[C@H]2C1=O)c1ccc(F)cc1. The van der Waals surface area contributed by atoms with Crippen LogP contribution in [-0.4, -0.2) is 49.7 Å². The number of carbonyl (C=O) groups excluding carboxylic acids is 4. The van der Waals surface area contributed by atoms with Crippen molar-refractivity contribution in [1.82, 2.24) is 10.0 Å². The fraction of sp³-hybridized carbons (Fsp3) is 0.304. The standard InChI is InChI=1S/C23H17Br2Cl2FN2O4/c24-17-8-15-16(9-18(17)25)23(34)30(22(15)33)29(10-20(31)11-1-4-13(28)5-2-11)21(32)14-6-3-12(26)7-19(14)27/h1-7,15-18H,8-10H2/t15-,16-,17+,18+/m1/s1. The molecule has 1 heterocycles. The van der Waals surface area contributed by atoms with Gasteiger partial charge in [-0.15, -0.1) is 0 Å². The van der Waals surface area contributed by atoms with Crippen LogP contribution >= 0.6 is 55.1 Å². The Balaban J connectivity index is 1.72. The molecule has 3 amide bonds. The van der Waals surface area contributed by atoms with E-state index in [4.69, 9.17) is 23.2 Å². The Morgan fingerprint density at radius 3 is 2.06 bits per heavy atom. The second kappa shape index (κ2) is 10.0. The Morgan fingerprint density at radius 2 is 1.53 bits per heavy atom. The molecule has 1 aliphatic carbocycles. The van der Waals surface area contributed by atoms with Gasteiger partial charge in [-0.1, -0.05) is 55.1 Å². The molecule has 0 aromatic heterocycles. The summed E-state index contributed by atoms with van der Waals surface area (Å²) in [5.74, 6) is -4.26. The predicted octanol–water partition coefficient (Wildman–Crippen LogP) is 5.29. The van der Waals surface area contributed by atoms with E-state index in [0.29, 0.717) is 17.9 Å². The summed E-state index contributed by atoms with van der Waals surface area (Å²) in [4.78, 5) is 53.2. The molecule has 0 N–H and O–H groups in total. The van der Waals surface area contributed by atoms with Crippen LogP contribution in [0.15, 0.2) is 42.5 Å². The second-order valence-corrected chi connectivity index (χ2v) is 11.3. The maximum atomic E-state index is 13.5. The summed E-state index contributed by atoms with van der Waals surface area (Å²) in [6, 6.07) is 8.93. The van der Waals surface area contributed by atoms with Crippen molar-refractivity contribution in [3.8, 4) is 0 Å². The summed E-state index contributed by atoms with van der Waals surface area (Å²) in [6.45, 7) is -0.615.